The number of nitrogens with zero attached hydrogens (tertiary/aromatic N) is 3. The van der Waals surface area contributed by atoms with Gasteiger partial charge in [0.25, 0.3) is 0 Å². The highest BCUT2D eigenvalue weighted by molar-refractivity contribution is 6.31. The van der Waals surface area contributed by atoms with Crippen molar-refractivity contribution in [3.63, 3.8) is 0 Å². The molecule has 2 aromatic carbocycles. The highest BCUT2D eigenvalue weighted by Gasteiger charge is 2.22. The van der Waals surface area contributed by atoms with Gasteiger partial charge in [-0.15, -0.1) is 11.6 Å². The summed E-state index contributed by atoms with van der Waals surface area (Å²) in [7, 11) is 0. The van der Waals surface area contributed by atoms with Crippen molar-refractivity contribution >= 4 is 40.1 Å². The Morgan fingerprint density at radius 1 is 1.21 bits per heavy atom. The van der Waals surface area contributed by atoms with Crippen molar-refractivity contribution in [2.75, 3.05) is 12.4 Å². The molecule has 0 radical (unpaired) electrons. The first kappa shape index (κ1) is 31.2. The maximum absolute atomic E-state index is 15.1. The predicted molar refractivity (Wildman–Crippen MR) is 175 cm³/mol. The maximum atomic E-state index is 15.1. The molecule has 4 aromatic rings. The number of amidine groups is 1. The fraction of sp³-hybridized carbons (Fsp3) is 0.424. The van der Waals surface area contributed by atoms with Gasteiger partial charge in [-0.2, -0.15) is 4.98 Å². The first-order chi connectivity index (χ1) is 20.7. The lowest BCUT2D eigenvalue weighted by atomic mass is 9.92. The monoisotopic (exact) mass is 624 g/mol. The smallest absolute Gasteiger partial charge is 0.354 e. The van der Waals surface area contributed by atoms with E-state index in [0.29, 0.717) is 52.3 Å². The van der Waals surface area contributed by atoms with Crippen LogP contribution in [0.3, 0.4) is 0 Å². The molecule has 1 saturated heterocycles. The molecule has 1 aliphatic rings. The Morgan fingerprint density at radius 3 is 2.74 bits per heavy atom. The van der Waals surface area contributed by atoms with Crippen molar-refractivity contribution in [1.29, 1.82) is 0 Å². The van der Waals surface area contributed by atoms with Gasteiger partial charge in [0.15, 0.2) is 5.82 Å². The quantitative estimate of drug-likeness (QED) is 0.0924. The number of aliphatic imine (C=N–C) groups is 1. The molecule has 4 N–H and O–H groups in total. The normalized spacial score (nSPS) is 17.7. The van der Waals surface area contributed by atoms with Crippen molar-refractivity contribution in [2.45, 2.75) is 70.9 Å². The van der Waals surface area contributed by atoms with E-state index in [0.717, 1.165) is 50.5 Å². The lowest BCUT2D eigenvalue weighted by molar-refractivity contribution is 0.315. The van der Waals surface area contributed by atoms with E-state index in [9.17, 15) is 4.79 Å². The fourth-order valence-corrected chi connectivity index (χ4v) is 6.13. The van der Waals surface area contributed by atoms with E-state index in [1.165, 1.54) is 10.1 Å². The molecule has 228 valence electrons. The summed E-state index contributed by atoms with van der Waals surface area (Å²) in [6, 6.07) is 13.9. The summed E-state index contributed by atoms with van der Waals surface area (Å²) in [5, 5.41) is 4.53. The second-order valence-electron chi connectivity index (χ2n) is 11.8. The molecule has 1 fully saturated rings. The van der Waals surface area contributed by atoms with Gasteiger partial charge in [-0.25, -0.2) is 9.18 Å². The lowest BCUT2D eigenvalue weighted by Crippen LogP contribution is -2.37. The van der Waals surface area contributed by atoms with E-state index < -0.39 is 11.5 Å². The third-order valence-corrected chi connectivity index (χ3v) is 8.67. The topological polar surface area (TPSA) is 101 Å². The van der Waals surface area contributed by atoms with E-state index in [1.54, 1.807) is 12.3 Å². The molecule has 2 aromatic heterocycles. The summed E-state index contributed by atoms with van der Waals surface area (Å²) in [6.07, 6.45) is 8.83. The van der Waals surface area contributed by atoms with Crippen molar-refractivity contribution in [1.82, 2.24) is 19.9 Å². The SMILES string of the molecule is CC(C)CCCc1cc(Cl)c(F)c(-c2cc3cn(-c4ccc([C@@H]5CCC[C@@H](CCN=C(N)CCl)N5)cc4)c(=O)nc3[nH]2)c1. The third-order valence-electron chi connectivity index (χ3n) is 8.12. The van der Waals surface area contributed by atoms with Crippen LogP contribution in [0, 0.1) is 11.7 Å². The highest BCUT2D eigenvalue weighted by Crippen LogP contribution is 2.32. The summed E-state index contributed by atoms with van der Waals surface area (Å²) >= 11 is 12.0. The molecule has 7 nitrogen and oxygen atoms in total. The average molecular weight is 626 g/mol. The first-order valence-electron chi connectivity index (χ1n) is 15.0. The molecular weight excluding hydrogens is 586 g/mol. The maximum Gasteiger partial charge on any atom is 0.354 e. The number of nitrogens with one attached hydrogen (secondary N) is 2. The highest BCUT2D eigenvalue weighted by atomic mass is 35.5. The minimum Gasteiger partial charge on any atom is -0.386 e. The first-order valence-corrected chi connectivity index (χ1v) is 15.9. The largest absolute Gasteiger partial charge is 0.386 e. The van der Waals surface area contributed by atoms with Gasteiger partial charge in [-0.1, -0.05) is 50.4 Å². The second kappa shape index (κ2) is 14.1. The lowest BCUT2D eigenvalue weighted by Gasteiger charge is -2.31. The van der Waals surface area contributed by atoms with E-state index in [4.69, 9.17) is 28.9 Å². The Balaban J connectivity index is 1.34. The fourth-order valence-electron chi connectivity index (χ4n) is 5.81. The number of hydrogen-bond donors (Lipinski definition) is 3. The van der Waals surface area contributed by atoms with Crippen molar-refractivity contribution in [3.05, 3.63) is 81.1 Å². The van der Waals surface area contributed by atoms with Crippen LogP contribution in [0.1, 0.15) is 69.5 Å². The van der Waals surface area contributed by atoms with Crippen molar-refractivity contribution in [3.8, 4) is 16.9 Å². The molecule has 10 heteroatoms. The molecule has 5 rings (SSSR count). The predicted octanol–water partition coefficient (Wildman–Crippen LogP) is 7.32. The zero-order valence-corrected chi connectivity index (χ0v) is 26.2. The van der Waals surface area contributed by atoms with Crippen LogP contribution in [0.4, 0.5) is 4.39 Å². The molecule has 1 aliphatic heterocycles. The molecule has 0 bridgehead atoms. The number of benzene rings is 2. The molecule has 0 spiro atoms. The number of H-pyrrole nitrogens is 1. The number of piperidine rings is 1. The third kappa shape index (κ3) is 7.66. The minimum absolute atomic E-state index is 0.0895. The summed E-state index contributed by atoms with van der Waals surface area (Å²) in [5.74, 6) is 0.844. The zero-order chi connectivity index (χ0) is 30.5. The minimum atomic E-state index is -0.489. The van der Waals surface area contributed by atoms with Gasteiger partial charge in [-0.05, 0) is 79.5 Å². The van der Waals surface area contributed by atoms with Crippen LogP contribution in [0.15, 0.2) is 58.4 Å². The van der Waals surface area contributed by atoms with E-state index >= 15 is 4.39 Å². The van der Waals surface area contributed by atoms with Gasteiger partial charge >= 0.3 is 5.69 Å². The molecule has 0 amide bonds. The number of rotatable bonds is 11. The van der Waals surface area contributed by atoms with Crippen molar-refractivity contribution < 1.29 is 4.39 Å². The number of aromatic nitrogens is 3. The van der Waals surface area contributed by atoms with Gasteiger partial charge in [0.1, 0.15) is 11.5 Å². The molecule has 43 heavy (non-hydrogen) atoms. The molecular formula is C33H39Cl2FN6O. The Morgan fingerprint density at radius 2 is 2.00 bits per heavy atom. The van der Waals surface area contributed by atoms with Crippen LogP contribution in [0.25, 0.3) is 28.0 Å². The summed E-state index contributed by atoms with van der Waals surface area (Å²) in [5.41, 5.74) is 9.49. The Kier molecular flexibility index (Phi) is 10.2. The number of aromatic amines is 1. The number of fused-ring (bicyclic) bond motifs is 1. The molecule has 0 saturated carbocycles. The standard InChI is InChI=1S/C33H39Cl2FN6O/c1-20(2)5-3-6-21-15-26(31(36)27(35)16-21)29-17-23-19-42(33(43)41-32(23)40-29)25-11-9-22(10-12-25)28-8-4-7-24(39-28)13-14-38-30(37)18-34/h9-12,15-17,19-20,24,28,39H,3-8,13-14,18H2,1-2H3,(H2,37,38)(H,40,41,43)/t24-,28-/m0/s1. The van der Waals surface area contributed by atoms with Gasteiger partial charge < -0.3 is 16.0 Å². The molecule has 0 aliphatic carbocycles. The van der Waals surface area contributed by atoms with Crippen LogP contribution in [0.2, 0.25) is 5.02 Å². The van der Waals surface area contributed by atoms with Crippen LogP contribution in [-0.2, 0) is 6.42 Å². The Bertz CT molecular complexity index is 1650. The van der Waals surface area contributed by atoms with Crippen LogP contribution in [-0.4, -0.2) is 38.8 Å². The summed E-state index contributed by atoms with van der Waals surface area (Å²) < 4.78 is 16.7. The van der Waals surface area contributed by atoms with E-state index in [2.05, 4.69) is 46.3 Å². The van der Waals surface area contributed by atoms with Crippen LogP contribution in [0.5, 0.6) is 0 Å². The molecule has 3 heterocycles. The second-order valence-corrected chi connectivity index (χ2v) is 12.5. The van der Waals surface area contributed by atoms with Gasteiger partial charge in [0.2, 0.25) is 0 Å². The number of aryl methyl sites for hydroxylation is 1. The number of hydrogen-bond acceptors (Lipinski definition) is 4. The number of alkyl halides is 1. The van der Waals surface area contributed by atoms with Crippen LogP contribution >= 0.6 is 23.2 Å². The molecule has 2 atom stereocenters. The Labute approximate surface area is 261 Å². The zero-order valence-electron chi connectivity index (χ0n) is 24.7. The van der Waals surface area contributed by atoms with Gasteiger partial charge in [0.05, 0.1) is 22.3 Å². The van der Waals surface area contributed by atoms with Gasteiger partial charge in [-0.3, -0.25) is 9.56 Å². The van der Waals surface area contributed by atoms with Gasteiger partial charge in [0, 0.05) is 35.8 Å². The Hall–Kier alpha value is -3.20. The van der Waals surface area contributed by atoms with E-state index in [-0.39, 0.29) is 16.9 Å². The number of halogens is 3. The number of nitrogens with two attached hydrogens (primary N) is 1. The van der Waals surface area contributed by atoms with Crippen molar-refractivity contribution in [2.24, 2.45) is 16.6 Å². The molecule has 0 unspecified atom stereocenters. The average Bonchev–Trinajstić information content (AvgIpc) is 3.41. The van der Waals surface area contributed by atoms with Crippen LogP contribution < -0.4 is 16.7 Å². The van der Waals surface area contributed by atoms with E-state index in [1.807, 2.05) is 24.3 Å². The summed E-state index contributed by atoms with van der Waals surface area (Å²) in [6.45, 7) is 5.04. The summed E-state index contributed by atoms with van der Waals surface area (Å²) in [4.78, 5) is 24.7.